The number of fused-ring (bicyclic) bond motifs is 1. The molecule has 0 spiro atoms. The number of amides is 2. The average molecular weight is 481 g/mol. The first kappa shape index (κ1) is 22.6. The highest BCUT2D eigenvalue weighted by atomic mass is 32.2. The third-order valence-electron chi connectivity index (χ3n) is 4.65. The standard InChI is InChI=1S/C23H20N4O4S2/c1-30-17-9-10-19(31-2)18(12-17)24-20(28)13-32-23-27-26-22(33-23)25-21(29)16-8-7-14-5-3-4-6-15(14)11-16/h3-12H,13H2,1-2H3,(H,24,28)(H,25,26,29). The number of carbonyl (C=O) groups is 2. The highest BCUT2D eigenvalue weighted by Crippen LogP contribution is 2.30. The van der Waals surface area contributed by atoms with E-state index in [1.54, 1.807) is 31.4 Å². The van der Waals surface area contributed by atoms with Gasteiger partial charge in [0.1, 0.15) is 11.5 Å². The number of benzene rings is 3. The van der Waals surface area contributed by atoms with Crippen molar-refractivity contribution in [1.29, 1.82) is 0 Å². The summed E-state index contributed by atoms with van der Waals surface area (Å²) >= 11 is 2.43. The molecule has 0 saturated heterocycles. The van der Waals surface area contributed by atoms with Gasteiger partial charge in [0.25, 0.3) is 5.91 Å². The normalized spacial score (nSPS) is 10.6. The molecule has 0 bridgehead atoms. The van der Waals surface area contributed by atoms with Gasteiger partial charge in [-0.15, -0.1) is 10.2 Å². The summed E-state index contributed by atoms with van der Waals surface area (Å²) in [5.41, 5.74) is 1.05. The van der Waals surface area contributed by atoms with Gasteiger partial charge in [-0.1, -0.05) is 53.4 Å². The van der Waals surface area contributed by atoms with Crippen molar-refractivity contribution in [2.45, 2.75) is 4.34 Å². The van der Waals surface area contributed by atoms with E-state index in [0.29, 0.717) is 32.2 Å². The third-order valence-corrected chi connectivity index (χ3v) is 6.62. The van der Waals surface area contributed by atoms with E-state index in [4.69, 9.17) is 9.47 Å². The maximum Gasteiger partial charge on any atom is 0.257 e. The van der Waals surface area contributed by atoms with Gasteiger partial charge in [-0.25, -0.2) is 0 Å². The average Bonchev–Trinajstić information content (AvgIpc) is 3.29. The molecule has 1 heterocycles. The van der Waals surface area contributed by atoms with E-state index in [-0.39, 0.29) is 17.6 Å². The van der Waals surface area contributed by atoms with E-state index in [1.807, 2.05) is 36.4 Å². The van der Waals surface area contributed by atoms with E-state index >= 15 is 0 Å². The number of thioether (sulfide) groups is 1. The zero-order valence-electron chi connectivity index (χ0n) is 17.8. The highest BCUT2D eigenvalue weighted by Gasteiger charge is 2.14. The van der Waals surface area contributed by atoms with Crippen LogP contribution in [0.5, 0.6) is 11.5 Å². The second-order valence-electron chi connectivity index (χ2n) is 6.79. The Hall–Kier alpha value is -3.63. The van der Waals surface area contributed by atoms with Crippen LogP contribution in [0.15, 0.2) is 65.0 Å². The molecule has 0 aliphatic rings. The van der Waals surface area contributed by atoms with E-state index in [9.17, 15) is 9.59 Å². The topological polar surface area (TPSA) is 102 Å². The molecule has 1 aromatic heterocycles. The van der Waals surface area contributed by atoms with E-state index in [2.05, 4.69) is 20.8 Å². The number of nitrogens with zero attached hydrogens (tertiary/aromatic N) is 2. The van der Waals surface area contributed by atoms with E-state index in [0.717, 1.165) is 10.8 Å². The Labute approximate surface area is 198 Å². The van der Waals surface area contributed by atoms with Crippen LogP contribution < -0.4 is 20.1 Å². The summed E-state index contributed by atoms with van der Waals surface area (Å²) in [5.74, 6) is 0.756. The summed E-state index contributed by atoms with van der Waals surface area (Å²) in [5, 5.41) is 16.0. The van der Waals surface area contributed by atoms with Gasteiger partial charge in [0.2, 0.25) is 11.0 Å². The molecule has 0 radical (unpaired) electrons. The molecule has 0 fully saturated rings. The van der Waals surface area contributed by atoms with Gasteiger partial charge in [-0.3, -0.25) is 14.9 Å². The Bertz CT molecular complexity index is 1310. The second kappa shape index (κ2) is 10.3. The van der Waals surface area contributed by atoms with Crippen LogP contribution in [0.1, 0.15) is 10.4 Å². The molecule has 4 aromatic rings. The van der Waals surface area contributed by atoms with Crippen LogP contribution >= 0.6 is 23.1 Å². The summed E-state index contributed by atoms with van der Waals surface area (Å²) in [6.45, 7) is 0. The van der Waals surface area contributed by atoms with Crippen LogP contribution in [0.3, 0.4) is 0 Å². The molecule has 3 aromatic carbocycles. The number of nitrogens with one attached hydrogen (secondary N) is 2. The molecule has 168 valence electrons. The Kier molecular flexibility index (Phi) is 7.06. The van der Waals surface area contributed by atoms with Crippen LogP contribution in [0.4, 0.5) is 10.8 Å². The number of methoxy groups -OCH3 is 2. The maximum absolute atomic E-state index is 12.6. The molecule has 33 heavy (non-hydrogen) atoms. The van der Waals surface area contributed by atoms with Crippen LogP contribution in [0.2, 0.25) is 0 Å². The fraction of sp³-hybridized carbons (Fsp3) is 0.130. The lowest BCUT2D eigenvalue weighted by molar-refractivity contribution is -0.113. The SMILES string of the molecule is COc1ccc(OC)c(NC(=O)CSc2nnc(NC(=O)c3ccc4ccccc4c3)s2)c1. The monoisotopic (exact) mass is 480 g/mol. The molecule has 0 aliphatic heterocycles. The zero-order chi connectivity index (χ0) is 23.2. The van der Waals surface area contributed by atoms with Crippen LogP contribution in [0, 0.1) is 0 Å². The number of ether oxygens (including phenoxy) is 2. The molecule has 2 amide bonds. The van der Waals surface area contributed by atoms with Gasteiger partial charge in [0.15, 0.2) is 4.34 Å². The minimum Gasteiger partial charge on any atom is -0.497 e. The smallest absolute Gasteiger partial charge is 0.257 e. The van der Waals surface area contributed by atoms with Crippen LogP contribution in [-0.4, -0.2) is 42.0 Å². The maximum atomic E-state index is 12.6. The van der Waals surface area contributed by atoms with Crippen LogP contribution in [-0.2, 0) is 4.79 Å². The van der Waals surface area contributed by atoms with Gasteiger partial charge in [-0.05, 0) is 35.0 Å². The van der Waals surface area contributed by atoms with Crippen molar-refractivity contribution in [3.05, 3.63) is 66.2 Å². The van der Waals surface area contributed by atoms with Crippen molar-refractivity contribution >= 4 is 56.5 Å². The zero-order valence-corrected chi connectivity index (χ0v) is 19.5. The minimum atomic E-state index is -0.267. The van der Waals surface area contributed by atoms with E-state index in [1.165, 1.54) is 30.2 Å². The predicted octanol–water partition coefficient (Wildman–Crippen LogP) is 4.69. The van der Waals surface area contributed by atoms with Crippen molar-refractivity contribution in [3.63, 3.8) is 0 Å². The summed E-state index contributed by atoms with van der Waals surface area (Å²) in [7, 11) is 3.08. The molecular formula is C23H20N4O4S2. The lowest BCUT2D eigenvalue weighted by Crippen LogP contribution is -2.14. The molecule has 0 unspecified atom stereocenters. The lowest BCUT2D eigenvalue weighted by atomic mass is 10.1. The molecular weight excluding hydrogens is 460 g/mol. The van der Waals surface area contributed by atoms with Gasteiger partial charge in [-0.2, -0.15) is 0 Å². The first-order valence-corrected chi connectivity index (χ1v) is 11.6. The number of aromatic nitrogens is 2. The number of anilines is 2. The Balaban J connectivity index is 1.34. The number of hydrogen-bond acceptors (Lipinski definition) is 8. The summed E-state index contributed by atoms with van der Waals surface area (Å²) in [6.07, 6.45) is 0. The highest BCUT2D eigenvalue weighted by molar-refractivity contribution is 8.01. The van der Waals surface area contributed by atoms with Gasteiger partial charge in [0.05, 0.1) is 25.7 Å². The quantitative estimate of drug-likeness (QED) is 0.279. The van der Waals surface area contributed by atoms with E-state index < -0.39 is 0 Å². The fourth-order valence-corrected chi connectivity index (χ4v) is 4.59. The number of hydrogen-bond donors (Lipinski definition) is 2. The van der Waals surface area contributed by atoms with Crippen molar-refractivity contribution < 1.29 is 19.1 Å². The summed E-state index contributed by atoms with van der Waals surface area (Å²) in [6, 6.07) is 18.5. The Morgan fingerprint density at radius 1 is 0.939 bits per heavy atom. The number of carbonyl (C=O) groups excluding carboxylic acids is 2. The molecule has 4 rings (SSSR count). The first-order valence-electron chi connectivity index (χ1n) is 9.84. The third kappa shape index (κ3) is 5.60. The predicted molar refractivity (Wildman–Crippen MR) is 131 cm³/mol. The summed E-state index contributed by atoms with van der Waals surface area (Å²) in [4.78, 5) is 25.0. The van der Waals surface area contributed by atoms with Crippen molar-refractivity contribution in [1.82, 2.24) is 10.2 Å². The Morgan fingerprint density at radius 3 is 2.55 bits per heavy atom. The minimum absolute atomic E-state index is 0.119. The Morgan fingerprint density at radius 2 is 1.76 bits per heavy atom. The molecule has 2 N–H and O–H groups in total. The van der Waals surface area contributed by atoms with Gasteiger partial charge in [0, 0.05) is 11.6 Å². The van der Waals surface area contributed by atoms with Crippen LogP contribution in [0.25, 0.3) is 10.8 Å². The van der Waals surface area contributed by atoms with Crippen molar-refractivity contribution in [3.8, 4) is 11.5 Å². The van der Waals surface area contributed by atoms with Crippen molar-refractivity contribution in [2.24, 2.45) is 0 Å². The fourth-order valence-electron chi connectivity index (χ4n) is 3.04. The van der Waals surface area contributed by atoms with Crippen molar-refractivity contribution in [2.75, 3.05) is 30.6 Å². The second-order valence-corrected chi connectivity index (χ2v) is 8.99. The first-order chi connectivity index (χ1) is 16.1. The molecule has 10 heteroatoms. The van der Waals surface area contributed by atoms with Gasteiger partial charge >= 0.3 is 0 Å². The largest absolute Gasteiger partial charge is 0.497 e. The van der Waals surface area contributed by atoms with Gasteiger partial charge < -0.3 is 14.8 Å². The number of rotatable bonds is 8. The summed E-state index contributed by atoms with van der Waals surface area (Å²) < 4.78 is 11.0. The molecule has 0 atom stereocenters. The molecule has 8 nitrogen and oxygen atoms in total. The molecule has 0 aliphatic carbocycles. The molecule has 0 saturated carbocycles. The lowest BCUT2D eigenvalue weighted by Gasteiger charge is -2.11.